The first-order valence-electron chi connectivity index (χ1n) is 8.03. The Kier molecular flexibility index (Phi) is 4.13. The summed E-state index contributed by atoms with van der Waals surface area (Å²) in [6.07, 6.45) is 1.71. The molecule has 0 saturated carbocycles. The SMILES string of the molecule is O=C(c1cccs1)N1CCC(c2nc(-c3ccccc3)no2)CC1. The third-order valence-corrected chi connectivity index (χ3v) is 5.19. The standard InChI is InChI=1S/C18H17N3O2S/c22-18(15-7-4-12-24-15)21-10-8-14(9-11-21)17-19-16(20-23-17)13-5-2-1-3-6-13/h1-7,12,14H,8-11H2. The number of nitrogens with zero attached hydrogens (tertiary/aromatic N) is 3. The Bertz CT molecular complexity index is 806. The molecule has 5 nitrogen and oxygen atoms in total. The molecular formula is C18H17N3O2S. The quantitative estimate of drug-likeness (QED) is 0.728. The van der Waals surface area contributed by atoms with E-state index in [-0.39, 0.29) is 11.8 Å². The lowest BCUT2D eigenvalue weighted by molar-refractivity contribution is 0.0709. The smallest absolute Gasteiger partial charge is 0.263 e. The van der Waals surface area contributed by atoms with Crippen LogP contribution in [0.2, 0.25) is 0 Å². The second-order valence-electron chi connectivity index (χ2n) is 5.87. The van der Waals surface area contributed by atoms with E-state index in [4.69, 9.17) is 4.52 Å². The summed E-state index contributed by atoms with van der Waals surface area (Å²) in [5.74, 6) is 1.65. The third kappa shape index (κ3) is 2.97. The first-order valence-corrected chi connectivity index (χ1v) is 8.91. The lowest BCUT2D eigenvalue weighted by Crippen LogP contribution is -2.37. The van der Waals surface area contributed by atoms with Crippen molar-refractivity contribution in [3.63, 3.8) is 0 Å². The lowest BCUT2D eigenvalue weighted by Gasteiger charge is -2.30. The summed E-state index contributed by atoms with van der Waals surface area (Å²) in [7, 11) is 0. The predicted octanol–water partition coefficient (Wildman–Crippen LogP) is 3.82. The molecule has 1 fully saturated rings. The summed E-state index contributed by atoms with van der Waals surface area (Å²) in [6.45, 7) is 1.45. The zero-order valence-electron chi connectivity index (χ0n) is 13.1. The number of hydrogen-bond acceptors (Lipinski definition) is 5. The van der Waals surface area contributed by atoms with Gasteiger partial charge in [-0.25, -0.2) is 0 Å². The molecule has 2 aromatic heterocycles. The van der Waals surface area contributed by atoms with Crippen molar-refractivity contribution in [3.05, 3.63) is 58.6 Å². The van der Waals surface area contributed by atoms with E-state index >= 15 is 0 Å². The highest BCUT2D eigenvalue weighted by atomic mass is 32.1. The lowest BCUT2D eigenvalue weighted by atomic mass is 9.96. The molecule has 0 N–H and O–H groups in total. The fraction of sp³-hybridized carbons (Fsp3) is 0.278. The van der Waals surface area contributed by atoms with Crippen molar-refractivity contribution < 1.29 is 9.32 Å². The summed E-state index contributed by atoms with van der Waals surface area (Å²) in [4.78, 5) is 19.6. The Balaban J connectivity index is 1.41. The van der Waals surface area contributed by atoms with Crippen molar-refractivity contribution in [1.29, 1.82) is 0 Å². The Morgan fingerprint density at radius 1 is 1.12 bits per heavy atom. The van der Waals surface area contributed by atoms with Crippen LogP contribution in [-0.4, -0.2) is 34.0 Å². The monoisotopic (exact) mass is 339 g/mol. The maximum Gasteiger partial charge on any atom is 0.263 e. The molecule has 1 saturated heterocycles. The molecule has 0 atom stereocenters. The summed E-state index contributed by atoms with van der Waals surface area (Å²) < 4.78 is 5.46. The van der Waals surface area contributed by atoms with Gasteiger partial charge >= 0.3 is 0 Å². The Labute approximate surface area is 143 Å². The van der Waals surface area contributed by atoms with Crippen LogP contribution in [0.5, 0.6) is 0 Å². The van der Waals surface area contributed by atoms with E-state index in [2.05, 4.69) is 10.1 Å². The second-order valence-corrected chi connectivity index (χ2v) is 6.81. The van der Waals surface area contributed by atoms with E-state index < -0.39 is 0 Å². The van der Waals surface area contributed by atoms with Crippen LogP contribution in [0.25, 0.3) is 11.4 Å². The number of hydrogen-bond donors (Lipinski definition) is 0. The van der Waals surface area contributed by atoms with Gasteiger partial charge in [0, 0.05) is 24.6 Å². The minimum Gasteiger partial charge on any atom is -0.339 e. The van der Waals surface area contributed by atoms with Crippen LogP contribution in [0.15, 0.2) is 52.4 Å². The Morgan fingerprint density at radius 2 is 1.92 bits per heavy atom. The molecule has 3 aromatic rings. The highest BCUT2D eigenvalue weighted by Crippen LogP contribution is 2.29. The van der Waals surface area contributed by atoms with E-state index in [0.29, 0.717) is 11.7 Å². The number of thiophene rings is 1. The van der Waals surface area contributed by atoms with Gasteiger partial charge in [0.1, 0.15) is 0 Å². The summed E-state index contributed by atoms with van der Waals surface area (Å²) in [5.41, 5.74) is 0.956. The molecule has 122 valence electrons. The number of carbonyl (C=O) groups excluding carboxylic acids is 1. The number of benzene rings is 1. The van der Waals surface area contributed by atoms with Gasteiger partial charge in [-0.1, -0.05) is 41.6 Å². The molecule has 1 aliphatic heterocycles. The van der Waals surface area contributed by atoms with Crippen molar-refractivity contribution in [2.75, 3.05) is 13.1 Å². The Hall–Kier alpha value is -2.47. The summed E-state index contributed by atoms with van der Waals surface area (Å²) in [5, 5.41) is 6.03. The molecule has 0 bridgehead atoms. The van der Waals surface area contributed by atoms with Crippen LogP contribution in [0.4, 0.5) is 0 Å². The van der Waals surface area contributed by atoms with E-state index in [9.17, 15) is 4.79 Å². The average Bonchev–Trinajstić information content (AvgIpc) is 3.34. The Morgan fingerprint density at radius 3 is 2.62 bits per heavy atom. The van der Waals surface area contributed by atoms with Gasteiger partial charge in [0.15, 0.2) is 0 Å². The zero-order chi connectivity index (χ0) is 16.4. The fourth-order valence-corrected chi connectivity index (χ4v) is 3.68. The molecule has 4 rings (SSSR count). The number of amides is 1. The number of carbonyl (C=O) groups is 1. The molecule has 0 unspecified atom stereocenters. The van der Waals surface area contributed by atoms with Gasteiger partial charge in [-0.2, -0.15) is 4.98 Å². The molecule has 1 aromatic carbocycles. The van der Waals surface area contributed by atoms with Crippen LogP contribution < -0.4 is 0 Å². The second kappa shape index (κ2) is 6.57. The molecule has 0 spiro atoms. The van der Waals surface area contributed by atoms with Gasteiger partial charge in [-0.05, 0) is 24.3 Å². The van der Waals surface area contributed by atoms with Crippen LogP contribution in [-0.2, 0) is 0 Å². The number of likely N-dealkylation sites (tertiary alicyclic amines) is 1. The molecule has 0 aliphatic carbocycles. The van der Waals surface area contributed by atoms with Crippen molar-refractivity contribution in [2.45, 2.75) is 18.8 Å². The molecule has 1 aliphatic rings. The van der Waals surface area contributed by atoms with E-state index in [1.807, 2.05) is 52.7 Å². The zero-order valence-corrected chi connectivity index (χ0v) is 13.9. The van der Waals surface area contributed by atoms with Crippen molar-refractivity contribution in [2.24, 2.45) is 0 Å². The topological polar surface area (TPSA) is 59.2 Å². The van der Waals surface area contributed by atoms with Crippen LogP contribution >= 0.6 is 11.3 Å². The van der Waals surface area contributed by atoms with Crippen molar-refractivity contribution in [1.82, 2.24) is 15.0 Å². The number of aromatic nitrogens is 2. The van der Waals surface area contributed by atoms with Crippen LogP contribution in [0, 0.1) is 0 Å². The molecular weight excluding hydrogens is 322 g/mol. The molecule has 24 heavy (non-hydrogen) atoms. The summed E-state index contributed by atoms with van der Waals surface area (Å²) in [6, 6.07) is 13.6. The molecule has 1 amide bonds. The van der Waals surface area contributed by atoms with Gasteiger partial charge in [-0.3, -0.25) is 4.79 Å². The van der Waals surface area contributed by atoms with Gasteiger partial charge in [-0.15, -0.1) is 11.3 Å². The molecule has 3 heterocycles. The number of rotatable bonds is 3. The molecule has 0 radical (unpaired) electrons. The summed E-state index contributed by atoms with van der Waals surface area (Å²) >= 11 is 1.49. The predicted molar refractivity (Wildman–Crippen MR) is 91.9 cm³/mol. The van der Waals surface area contributed by atoms with Gasteiger partial charge in [0.2, 0.25) is 11.7 Å². The van der Waals surface area contributed by atoms with Crippen molar-refractivity contribution in [3.8, 4) is 11.4 Å². The van der Waals surface area contributed by atoms with Crippen LogP contribution in [0.1, 0.15) is 34.3 Å². The normalized spacial score (nSPS) is 15.6. The van der Waals surface area contributed by atoms with Gasteiger partial charge in [0.25, 0.3) is 5.91 Å². The van der Waals surface area contributed by atoms with Gasteiger partial charge in [0.05, 0.1) is 4.88 Å². The first-order chi connectivity index (χ1) is 11.8. The maximum absolute atomic E-state index is 12.4. The first kappa shape index (κ1) is 15.1. The van der Waals surface area contributed by atoms with E-state index in [0.717, 1.165) is 36.4 Å². The largest absolute Gasteiger partial charge is 0.339 e. The third-order valence-electron chi connectivity index (χ3n) is 4.34. The van der Waals surface area contributed by atoms with E-state index in [1.54, 1.807) is 0 Å². The molecule has 6 heteroatoms. The van der Waals surface area contributed by atoms with Crippen LogP contribution in [0.3, 0.4) is 0 Å². The minimum atomic E-state index is 0.124. The maximum atomic E-state index is 12.4. The fourth-order valence-electron chi connectivity index (χ4n) is 2.99. The van der Waals surface area contributed by atoms with E-state index in [1.165, 1.54) is 11.3 Å². The van der Waals surface area contributed by atoms with Crippen molar-refractivity contribution >= 4 is 17.2 Å². The van der Waals surface area contributed by atoms with Gasteiger partial charge < -0.3 is 9.42 Å². The number of piperidine rings is 1. The highest BCUT2D eigenvalue weighted by molar-refractivity contribution is 7.12. The highest BCUT2D eigenvalue weighted by Gasteiger charge is 2.28. The average molecular weight is 339 g/mol. The minimum absolute atomic E-state index is 0.124.